The molecule has 0 aromatic rings. The van der Waals surface area contributed by atoms with Crippen molar-refractivity contribution in [2.24, 2.45) is 11.8 Å². The van der Waals surface area contributed by atoms with Crippen LogP contribution in [0.3, 0.4) is 0 Å². The highest BCUT2D eigenvalue weighted by Gasteiger charge is 2.32. The summed E-state index contributed by atoms with van der Waals surface area (Å²) in [5, 5.41) is 3.59. The normalized spacial score (nSPS) is 29.0. The van der Waals surface area contributed by atoms with E-state index in [1.54, 1.807) is 6.92 Å². The maximum absolute atomic E-state index is 11.4. The van der Waals surface area contributed by atoms with E-state index >= 15 is 0 Å². The van der Waals surface area contributed by atoms with E-state index in [4.69, 9.17) is 0 Å². The molecule has 0 aromatic heterocycles. The van der Waals surface area contributed by atoms with Crippen LogP contribution in [0, 0.1) is 11.8 Å². The molecule has 0 saturated heterocycles. The molecule has 100 valence electrons. The van der Waals surface area contributed by atoms with Gasteiger partial charge in [0.25, 0.3) is 0 Å². The molecule has 0 spiro atoms. The van der Waals surface area contributed by atoms with Gasteiger partial charge >= 0.3 is 0 Å². The molecule has 0 radical (unpaired) electrons. The number of rotatable bonds is 8. The van der Waals surface area contributed by atoms with Crippen LogP contribution in [-0.4, -0.2) is 32.5 Å². The average molecular weight is 259 g/mol. The van der Waals surface area contributed by atoms with Gasteiger partial charge in [-0.3, -0.25) is 0 Å². The van der Waals surface area contributed by atoms with Crippen molar-refractivity contribution >= 4 is 9.84 Å². The third kappa shape index (κ3) is 4.25. The van der Waals surface area contributed by atoms with Crippen LogP contribution in [-0.2, 0) is 9.84 Å². The van der Waals surface area contributed by atoms with Gasteiger partial charge in [-0.25, -0.2) is 8.42 Å². The maximum Gasteiger partial charge on any atom is 0.150 e. The Morgan fingerprint density at radius 2 is 1.82 bits per heavy atom. The van der Waals surface area contributed by atoms with E-state index in [2.05, 4.69) is 5.32 Å². The summed E-state index contributed by atoms with van der Waals surface area (Å²) in [6.07, 6.45) is 7.32. The summed E-state index contributed by atoms with van der Waals surface area (Å²) < 4.78 is 22.8. The minimum Gasteiger partial charge on any atom is -0.314 e. The fourth-order valence-electron chi connectivity index (χ4n) is 2.60. The largest absolute Gasteiger partial charge is 0.314 e. The molecule has 4 heteroatoms. The first kappa shape index (κ1) is 13.3. The molecule has 0 bridgehead atoms. The van der Waals surface area contributed by atoms with Gasteiger partial charge in [0.2, 0.25) is 0 Å². The number of nitrogens with one attached hydrogen (secondary N) is 1. The molecular formula is C13H25NO2S. The Morgan fingerprint density at radius 1 is 1.12 bits per heavy atom. The molecule has 0 amide bonds. The summed E-state index contributed by atoms with van der Waals surface area (Å²) in [4.78, 5) is 0. The average Bonchev–Trinajstić information content (AvgIpc) is 3.07. The minimum absolute atomic E-state index is 0.296. The van der Waals surface area contributed by atoms with Crippen LogP contribution in [0.15, 0.2) is 0 Å². The molecule has 2 fully saturated rings. The van der Waals surface area contributed by atoms with Crippen LogP contribution in [0.2, 0.25) is 0 Å². The summed E-state index contributed by atoms with van der Waals surface area (Å²) in [5.41, 5.74) is 0. The van der Waals surface area contributed by atoms with E-state index in [1.165, 1.54) is 25.7 Å². The summed E-state index contributed by atoms with van der Waals surface area (Å²) in [7, 11) is -2.75. The van der Waals surface area contributed by atoms with Crippen LogP contribution in [0.25, 0.3) is 0 Å². The second kappa shape index (κ2) is 5.70. The summed E-state index contributed by atoms with van der Waals surface area (Å²) in [6.45, 7) is 2.90. The predicted molar refractivity (Wildman–Crippen MR) is 70.8 cm³/mol. The third-order valence-corrected chi connectivity index (χ3v) is 6.08. The lowest BCUT2D eigenvalue weighted by molar-refractivity contribution is 0.159. The SMILES string of the molecule is CCS(=O)(=O)CCCC1CCC1CNC1CC1. The number of hydrogen-bond donors (Lipinski definition) is 1. The molecule has 2 saturated carbocycles. The van der Waals surface area contributed by atoms with Gasteiger partial charge in [-0.05, 0) is 56.9 Å². The molecule has 0 heterocycles. The van der Waals surface area contributed by atoms with Crippen LogP contribution >= 0.6 is 0 Å². The Kier molecular flexibility index (Phi) is 4.47. The van der Waals surface area contributed by atoms with E-state index in [-0.39, 0.29) is 0 Å². The van der Waals surface area contributed by atoms with Crippen molar-refractivity contribution in [2.45, 2.75) is 51.5 Å². The van der Waals surface area contributed by atoms with Gasteiger partial charge in [0.1, 0.15) is 9.84 Å². The van der Waals surface area contributed by atoms with Gasteiger partial charge in [0, 0.05) is 11.8 Å². The molecule has 2 aliphatic rings. The summed E-state index contributed by atoms with van der Waals surface area (Å²) in [6, 6.07) is 0.803. The zero-order valence-electron chi connectivity index (χ0n) is 10.8. The van der Waals surface area contributed by atoms with Crippen molar-refractivity contribution in [1.29, 1.82) is 0 Å². The molecule has 2 rings (SSSR count). The molecular weight excluding hydrogens is 234 g/mol. The quantitative estimate of drug-likeness (QED) is 0.725. The Morgan fingerprint density at radius 3 is 2.35 bits per heavy atom. The van der Waals surface area contributed by atoms with Crippen LogP contribution in [0.5, 0.6) is 0 Å². The van der Waals surface area contributed by atoms with Crippen molar-refractivity contribution in [2.75, 3.05) is 18.1 Å². The van der Waals surface area contributed by atoms with Crippen LogP contribution in [0.4, 0.5) is 0 Å². The standard InChI is InChI=1S/C13H25NO2S/c1-2-17(15,16)9-3-4-11-5-6-12(11)10-14-13-7-8-13/h11-14H,2-10H2,1H3. The molecule has 1 N–H and O–H groups in total. The van der Waals surface area contributed by atoms with Crippen molar-refractivity contribution in [1.82, 2.24) is 5.32 Å². The summed E-state index contributed by atoms with van der Waals surface area (Å²) >= 11 is 0. The van der Waals surface area contributed by atoms with E-state index in [9.17, 15) is 8.42 Å². The molecule has 0 aromatic carbocycles. The first-order valence-electron chi connectivity index (χ1n) is 7.04. The Labute approximate surface area is 105 Å². The highest BCUT2D eigenvalue weighted by atomic mass is 32.2. The topological polar surface area (TPSA) is 46.2 Å². The third-order valence-electron chi connectivity index (χ3n) is 4.29. The van der Waals surface area contributed by atoms with E-state index in [1.807, 2.05) is 0 Å². The lowest BCUT2D eigenvalue weighted by Gasteiger charge is -2.37. The second-order valence-electron chi connectivity index (χ2n) is 5.66. The Balaban J connectivity index is 1.59. The minimum atomic E-state index is -2.75. The van der Waals surface area contributed by atoms with Gasteiger partial charge < -0.3 is 5.32 Å². The van der Waals surface area contributed by atoms with Gasteiger partial charge in [-0.2, -0.15) is 0 Å². The lowest BCUT2D eigenvalue weighted by Crippen LogP contribution is -2.36. The predicted octanol–water partition coefficient (Wildman–Crippen LogP) is 1.98. The highest BCUT2D eigenvalue weighted by Crippen LogP contribution is 2.37. The van der Waals surface area contributed by atoms with E-state index < -0.39 is 9.84 Å². The van der Waals surface area contributed by atoms with Crippen molar-refractivity contribution in [3.63, 3.8) is 0 Å². The first-order valence-corrected chi connectivity index (χ1v) is 8.86. The number of sulfone groups is 1. The zero-order chi connectivity index (χ0) is 12.3. The van der Waals surface area contributed by atoms with Gasteiger partial charge in [-0.1, -0.05) is 6.92 Å². The van der Waals surface area contributed by atoms with Crippen molar-refractivity contribution in [3.8, 4) is 0 Å². The van der Waals surface area contributed by atoms with Crippen LogP contribution < -0.4 is 5.32 Å². The zero-order valence-corrected chi connectivity index (χ0v) is 11.6. The van der Waals surface area contributed by atoms with Gasteiger partial charge in [0.05, 0.1) is 5.75 Å². The molecule has 0 aliphatic heterocycles. The molecule has 2 unspecified atom stereocenters. The molecule has 2 atom stereocenters. The summed E-state index contributed by atoms with van der Waals surface area (Å²) in [5.74, 6) is 2.29. The van der Waals surface area contributed by atoms with E-state index in [0.717, 1.165) is 37.3 Å². The van der Waals surface area contributed by atoms with E-state index in [0.29, 0.717) is 11.5 Å². The van der Waals surface area contributed by atoms with Gasteiger partial charge in [-0.15, -0.1) is 0 Å². The monoisotopic (exact) mass is 259 g/mol. The number of hydrogen-bond acceptors (Lipinski definition) is 3. The smallest absolute Gasteiger partial charge is 0.150 e. The molecule has 2 aliphatic carbocycles. The lowest BCUT2D eigenvalue weighted by atomic mass is 9.71. The highest BCUT2D eigenvalue weighted by molar-refractivity contribution is 7.91. The maximum atomic E-state index is 11.4. The fraction of sp³-hybridized carbons (Fsp3) is 1.00. The van der Waals surface area contributed by atoms with Crippen molar-refractivity contribution < 1.29 is 8.42 Å². The van der Waals surface area contributed by atoms with Crippen LogP contribution in [0.1, 0.15) is 45.4 Å². The fourth-order valence-corrected chi connectivity index (χ4v) is 3.50. The van der Waals surface area contributed by atoms with Crippen molar-refractivity contribution in [3.05, 3.63) is 0 Å². The Hall–Kier alpha value is -0.0900. The molecule has 3 nitrogen and oxygen atoms in total. The second-order valence-corrected chi connectivity index (χ2v) is 8.13. The molecule has 17 heavy (non-hydrogen) atoms. The Bertz CT molecular complexity index is 335. The van der Waals surface area contributed by atoms with Gasteiger partial charge in [0.15, 0.2) is 0 Å². The first-order chi connectivity index (χ1) is 8.11.